The summed E-state index contributed by atoms with van der Waals surface area (Å²) in [5.41, 5.74) is 2.82. The van der Waals surface area contributed by atoms with Crippen molar-refractivity contribution >= 4 is 5.82 Å². The van der Waals surface area contributed by atoms with Crippen LogP contribution in [0.4, 0.5) is 10.2 Å². The number of aromatic nitrogens is 7. The molecule has 0 N–H and O–H groups in total. The van der Waals surface area contributed by atoms with Gasteiger partial charge in [0.25, 0.3) is 0 Å². The van der Waals surface area contributed by atoms with Gasteiger partial charge in [0.2, 0.25) is 5.88 Å². The molecule has 0 unspecified atom stereocenters. The number of halogens is 1. The lowest BCUT2D eigenvalue weighted by molar-refractivity contribution is 0.366. The van der Waals surface area contributed by atoms with E-state index >= 15 is 0 Å². The minimum absolute atomic E-state index is 0.228. The third-order valence-electron chi connectivity index (χ3n) is 5.43. The van der Waals surface area contributed by atoms with E-state index in [0.717, 1.165) is 11.4 Å². The molecule has 5 rings (SSSR count). The highest BCUT2D eigenvalue weighted by Gasteiger charge is 2.23. The number of fused-ring (bicyclic) bond motifs is 1. The molecule has 1 aromatic carbocycles. The Hall–Kier alpha value is -3.82. The van der Waals surface area contributed by atoms with Crippen LogP contribution in [0.3, 0.4) is 0 Å². The van der Waals surface area contributed by atoms with Crippen molar-refractivity contribution in [3.63, 3.8) is 0 Å². The SMILES string of the molecule is COc1cc(-c2ncc(F)c(N3CCn4cnnc4C3)n2)nn1Cc1ccccc1C. The summed E-state index contributed by atoms with van der Waals surface area (Å²) in [5, 5.41) is 12.6. The van der Waals surface area contributed by atoms with Gasteiger partial charge in [-0.1, -0.05) is 24.3 Å². The fourth-order valence-electron chi connectivity index (χ4n) is 3.69. The van der Waals surface area contributed by atoms with Crippen molar-refractivity contribution in [2.45, 2.75) is 26.6 Å². The molecule has 1 aliphatic rings. The molecule has 0 saturated heterocycles. The molecule has 0 atom stereocenters. The van der Waals surface area contributed by atoms with Crippen molar-refractivity contribution in [2.24, 2.45) is 0 Å². The predicted octanol–water partition coefficient (Wildman–Crippen LogP) is 2.46. The van der Waals surface area contributed by atoms with Crippen LogP contribution >= 0.6 is 0 Å². The Kier molecular flexibility index (Phi) is 4.81. The molecule has 0 aliphatic carbocycles. The normalized spacial score (nSPS) is 13.3. The second-order valence-electron chi connectivity index (χ2n) is 7.38. The number of ether oxygens (including phenoxy) is 1. The van der Waals surface area contributed by atoms with Crippen molar-refractivity contribution in [1.29, 1.82) is 0 Å². The molecule has 0 spiro atoms. The first-order chi connectivity index (χ1) is 15.1. The standard InChI is InChI=1S/C21H21FN8O/c1-14-5-3-4-6-15(14)11-30-19(31-2)9-17(27-30)20-23-10-16(22)21(25-20)28-7-8-29-13-24-26-18(29)12-28/h3-6,9-10,13H,7-8,11-12H2,1-2H3. The van der Waals surface area contributed by atoms with Crippen molar-refractivity contribution in [3.05, 3.63) is 65.6 Å². The largest absolute Gasteiger partial charge is 0.481 e. The molecule has 9 nitrogen and oxygen atoms in total. The van der Waals surface area contributed by atoms with Crippen molar-refractivity contribution in [1.82, 2.24) is 34.5 Å². The number of anilines is 1. The van der Waals surface area contributed by atoms with Crippen LogP contribution in [0.15, 0.2) is 42.9 Å². The summed E-state index contributed by atoms with van der Waals surface area (Å²) >= 11 is 0. The van der Waals surface area contributed by atoms with E-state index < -0.39 is 5.82 Å². The molecular formula is C21H21FN8O. The zero-order valence-electron chi connectivity index (χ0n) is 17.2. The summed E-state index contributed by atoms with van der Waals surface area (Å²) in [4.78, 5) is 10.5. The summed E-state index contributed by atoms with van der Waals surface area (Å²) in [6.07, 6.45) is 2.87. The number of rotatable bonds is 5. The third-order valence-corrected chi connectivity index (χ3v) is 5.43. The molecule has 3 aromatic heterocycles. The quantitative estimate of drug-likeness (QED) is 0.490. The summed E-state index contributed by atoms with van der Waals surface area (Å²) < 4.78 is 23.8. The maximum Gasteiger partial charge on any atom is 0.212 e. The van der Waals surface area contributed by atoms with Gasteiger partial charge < -0.3 is 14.2 Å². The fourth-order valence-corrected chi connectivity index (χ4v) is 3.69. The molecule has 0 amide bonds. The van der Waals surface area contributed by atoms with E-state index in [1.54, 1.807) is 24.2 Å². The van der Waals surface area contributed by atoms with E-state index in [4.69, 9.17) is 4.74 Å². The van der Waals surface area contributed by atoms with E-state index in [9.17, 15) is 4.39 Å². The van der Waals surface area contributed by atoms with Crippen molar-refractivity contribution < 1.29 is 9.13 Å². The lowest BCUT2D eigenvalue weighted by Crippen LogP contribution is -2.35. The zero-order chi connectivity index (χ0) is 21.4. The van der Waals surface area contributed by atoms with Gasteiger partial charge in [-0.25, -0.2) is 19.0 Å². The summed E-state index contributed by atoms with van der Waals surface area (Å²) in [5.74, 6) is 1.44. The molecule has 1 aliphatic heterocycles. The molecule has 158 valence electrons. The molecule has 0 saturated carbocycles. The number of aryl methyl sites for hydroxylation is 1. The van der Waals surface area contributed by atoms with Gasteiger partial charge in [0.15, 0.2) is 23.3 Å². The predicted molar refractivity (Wildman–Crippen MR) is 111 cm³/mol. The highest BCUT2D eigenvalue weighted by Crippen LogP contribution is 2.26. The number of benzene rings is 1. The van der Waals surface area contributed by atoms with Crippen LogP contribution in [0.2, 0.25) is 0 Å². The minimum atomic E-state index is -0.483. The van der Waals surface area contributed by atoms with Gasteiger partial charge in [-0.05, 0) is 18.1 Å². The van der Waals surface area contributed by atoms with Crippen LogP contribution < -0.4 is 9.64 Å². The highest BCUT2D eigenvalue weighted by molar-refractivity contribution is 5.55. The lowest BCUT2D eigenvalue weighted by Gasteiger charge is -2.28. The van der Waals surface area contributed by atoms with Crippen LogP contribution in [-0.4, -0.2) is 48.2 Å². The van der Waals surface area contributed by atoms with E-state index in [0.29, 0.717) is 43.6 Å². The second kappa shape index (κ2) is 7.78. The Morgan fingerprint density at radius 2 is 2.06 bits per heavy atom. The minimum Gasteiger partial charge on any atom is -0.481 e. The van der Waals surface area contributed by atoms with Gasteiger partial charge in [-0.15, -0.1) is 10.2 Å². The summed E-state index contributed by atoms with van der Waals surface area (Å²) in [6, 6.07) is 9.87. The molecule has 0 radical (unpaired) electrons. The second-order valence-corrected chi connectivity index (χ2v) is 7.38. The van der Waals surface area contributed by atoms with E-state index in [1.807, 2.05) is 21.6 Å². The Morgan fingerprint density at radius 1 is 1.19 bits per heavy atom. The fraction of sp³-hybridized carbons (Fsp3) is 0.286. The lowest BCUT2D eigenvalue weighted by atomic mass is 10.1. The number of nitrogens with zero attached hydrogens (tertiary/aromatic N) is 8. The number of methoxy groups -OCH3 is 1. The smallest absolute Gasteiger partial charge is 0.212 e. The molecule has 0 fully saturated rings. The van der Waals surface area contributed by atoms with Crippen molar-refractivity contribution in [3.8, 4) is 17.4 Å². The van der Waals surface area contributed by atoms with Crippen LogP contribution in [0.25, 0.3) is 11.5 Å². The molecular weight excluding hydrogens is 399 g/mol. The monoisotopic (exact) mass is 420 g/mol. The van der Waals surface area contributed by atoms with Crippen molar-refractivity contribution in [2.75, 3.05) is 18.6 Å². The van der Waals surface area contributed by atoms with Crippen LogP contribution in [0, 0.1) is 12.7 Å². The first-order valence-corrected chi connectivity index (χ1v) is 9.93. The van der Waals surface area contributed by atoms with Gasteiger partial charge >= 0.3 is 0 Å². The van der Waals surface area contributed by atoms with E-state index in [-0.39, 0.29) is 5.82 Å². The molecule has 10 heteroatoms. The average Bonchev–Trinajstić information content (AvgIpc) is 3.42. The Morgan fingerprint density at radius 3 is 2.90 bits per heavy atom. The molecule has 0 bridgehead atoms. The Labute approximate surface area is 178 Å². The maximum atomic E-state index is 14.6. The van der Waals surface area contributed by atoms with Crippen LogP contribution in [-0.2, 0) is 19.6 Å². The maximum absolute atomic E-state index is 14.6. The van der Waals surface area contributed by atoms with E-state index in [2.05, 4.69) is 44.3 Å². The summed E-state index contributed by atoms with van der Waals surface area (Å²) in [6.45, 7) is 4.30. The zero-order valence-corrected chi connectivity index (χ0v) is 17.2. The van der Waals surface area contributed by atoms with Crippen LogP contribution in [0.5, 0.6) is 5.88 Å². The van der Waals surface area contributed by atoms with Crippen LogP contribution in [0.1, 0.15) is 17.0 Å². The Balaban J connectivity index is 1.46. The van der Waals surface area contributed by atoms with Gasteiger partial charge in [0.1, 0.15) is 12.0 Å². The first kappa shape index (κ1) is 19.2. The van der Waals surface area contributed by atoms with Gasteiger partial charge in [-0.3, -0.25) is 0 Å². The Bertz CT molecular complexity index is 1230. The average molecular weight is 420 g/mol. The highest BCUT2D eigenvalue weighted by atomic mass is 19.1. The van der Waals surface area contributed by atoms with Gasteiger partial charge in [0, 0.05) is 19.2 Å². The number of hydrogen-bond donors (Lipinski definition) is 0. The summed E-state index contributed by atoms with van der Waals surface area (Å²) in [7, 11) is 1.59. The van der Waals surface area contributed by atoms with E-state index in [1.165, 1.54) is 11.8 Å². The topological polar surface area (TPSA) is 86.8 Å². The molecule has 4 heterocycles. The first-order valence-electron chi connectivity index (χ1n) is 9.93. The molecule has 31 heavy (non-hydrogen) atoms. The van der Waals surface area contributed by atoms with Gasteiger partial charge in [-0.2, -0.15) is 5.10 Å². The molecule has 4 aromatic rings. The number of hydrogen-bond acceptors (Lipinski definition) is 7. The van der Waals surface area contributed by atoms with Gasteiger partial charge in [0.05, 0.1) is 26.4 Å². The third kappa shape index (κ3) is 3.60.